The van der Waals surface area contributed by atoms with Gasteiger partial charge in [0, 0.05) is 13.2 Å². The lowest BCUT2D eigenvalue weighted by atomic mass is 10.2. The highest BCUT2D eigenvalue weighted by molar-refractivity contribution is 5.82. The van der Waals surface area contributed by atoms with Crippen molar-refractivity contribution in [3.63, 3.8) is 0 Å². The maximum atomic E-state index is 11.4. The molecule has 0 radical (unpaired) electrons. The number of rotatable bonds is 6. The summed E-state index contributed by atoms with van der Waals surface area (Å²) >= 11 is 0. The number of nitrogens with zero attached hydrogens (tertiary/aromatic N) is 2. The van der Waals surface area contributed by atoms with Gasteiger partial charge in [-0.25, -0.2) is 0 Å². The van der Waals surface area contributed by atoms with E-state index in [1.165, 1.54) is 0 Å². The third kappa shape index (κ3) is 3.70. The van der Waals surface area contributed by atoms with Crippen molar-refractivity contribution in [1.29, 1.82) is 0 Å². The van der Waals surface area contributed by atoms with Crippen LogP contribution in [0.3, 0.4) is 0 Å². The van der Waals surface area contributed by atoms with E-state index in [9.17, 15) is 4.79 Å². The van der Waals surface area contributed by atoms with Gasteiger partial charge in [-0.3, -0.25) is 9.48 Å². The van der Waals surface area contributed by atoms with Crippen LogP contribution >= 0.6 is 0 Å². The van der Waals surface area contributed by atoms with Gasteiger partial charge in [0.15, 0.2) is 5.78 Å². The Labute approximate surface area is 84.3 Å². The van der Waals surface area contributed by atoms with Crippen LogP contribution < -0.4 is 5.32 Å². The van der Waals surface area contributed by atoms with Gasteiger partial charge in [-0.1, -0.05) is 6.92 Å². The van der Waals surface area contributed by atoms with Crippen LogP contribution in [0.15, 0.2) is 12.3 Å². The van der Waals surface area contributed by atoms with Crippen molar-refractivity contribution in [2.24, 2.45) is 7.05 Å². The van der Waals surface area contributed by atoms with Gasteiger partial charge in [0.25, 0.3) is 0 Å². The van der Waals surface area contributed by atoms with Crippen molar-refractivity contribution in [3.05, 3.63) is 18.0 Å². The number of carbonyl (C=O) groups is 1. The maximum Gasteiger partial charge on any atom is 0.152 e. The fourth-order valence-electron chi connectivity index (χ4n) is 1.23. The summed E-state index contributed by atoms with van der Waals surface area (Å²) in [6.07, 6.45) is 3.33. The van der Waals surface area contributed by atoms with Crippen molar-refractivity contribution in [1.82, 2.24) is 15.1 Å². The SMILES string of the molecule is CCCNCC(=O)Cc1ccn(C)n1. The summed E-state index contributed by atoms with van der Waals surface area (Å²) in [5, 5.41) is 7.22. The van der Waals surface area contributed by atoms with E-state index >= 15 is 0 Å². The van der Waals surface area contributed by atoms with E-state index in [2.05, 4.69) is 17.3 Å². The number of nitrogens with one attached hydrogen (secondary N) is 1. The Hall–Kier alpha value is -1.16. The maximum absolute atomic E-state index is 11.4. The van der Waals surface area contributed by atoms with E-state index < -0.39 is 0 Å². The van der Waals surface area contributed by atoms with Crippen molar-refractivity contribution >= 4 is 5.78 Å². The molecule has 0 amide bonds. The molecule has 0 bridgehead atoms. The number of ketones is 1. The molecule has 0 spiro atoms. The normalized spacial score (nSPS) is 10.4. The van der Waals surface area contributed by atoms with E-state index in [4.69, 9.17) is 0 Å². The first kappa shape index (κ1) is 10.9. The van der Waals surface area contributed by atoms with Crippen molar-refractivity contribution < 1.29 is 4.79 Å². The van der Waals surface area contributed by atoms with Gasteiger partial charge in [0.1, 0.15) is 0 Å². The molecule has 0 saturated heterocycles. The van der Waals surface area contributed by atoms with E-state index in [-0.39, 0.29) is 5.78 Å². The molecule has 1 heterocycles. The molecule has 14 heavy (non-hydrogen) atoms. The molecule has 0 aromatic carbocycles. The molecule has 1 aromatic heterocycles. The zero-order valence-electron chi connectivity index (χ0n) is 8.79. The van der Waals surface area contributed by atoms with Gasteiger partial charge in [-0.2, -0.15) is 5.10 Å². The Kier molecular flexibility index (Phi) is 4.32. The lowest BCUT2D eigenvalue weighted by molar-refractivity contribution is -0.117. The quantitative estimate of drug-likeness (QED) is 0.674. The van der Waals surface area contributed by atoms with Crippen molar-refractivity contribution in [2.75, 3.05) is 13.1 Å². The molecule has 0 aliphatic rings. The first-order chi connectivity index (χ1) is 6.72. The standard InChI is InChI=1S/C10H17N3O/c1-3-5-11-8-10(14)7-9-4-6-13(2)12-9/h4,6,11H,3,5,7-8H2,1-2H3. The molecular formula is C10H17N3O. The first-order valence-corrected chi connectivity index (χ1v) is 4.93. The average molecular weight is 195 g/mol. The molecule has 0 aliphatic heterocycles. The minimum atomic E-state index is 0.192. The second-order valence-electron chi connectivity index (χ2n) is 3.37. The molecule has 1 aromatic rings. The Morgan fingerprint density at radius 2 is 2.43 bits per heavy atom. The summed E-state index contributed by atoms with van der Waals surface area (Å²) in [6.45, 7) is 3.43. The molecule has 0 fully saturated rings. The van der Waals surface area contributed by atoms with Crippen LogP contribution in [-0.4, -0.2) is 28.7 Å². The van der Waals surface area contributed by atoms with E-state index in [1.54, 1.807) is 4.68 Å². The smallest absolute Gasteiger partial charge is 0.152 e. The van der Waals surface area contributed by atoms with Crippen LogP contribution in [0.1, 0.15) is 19.0 Å². The molecule has 1 rings (SSSR count). The van der Waals surface area contributed by atoms with Gasteiger partial charge in [0.2, 0.25) is 0 Å². The van der Waals surface area contributed by atoms with E-state index in [1.807, 2.05) is 19.3 Å². The Bertz CT molecular complexity index is 293. The van der Waals surface area contributed by atoms with Crippen LogP contribution in [0.5, 0.6) is 0 Å². The largest absolute Gasteiger partial charge is 0.310 e. The lowest BCUT2D eigenvalue weighted by Crippen LogP contribution is -2.24. The zero-order valence-corrected chi connectivity index (χ0v) is 8.79. The molecule has 0 aliphatic carbocycles. The van der Waals surface area contributed by atoms with Crippen LogP contribution in [0.4, 0.5) is 0 Å². The second-order valence-corrected chi connectivity index (χ2v) is 3.37. The Balaban J connectivity index is 2.27. The first-order valence-electron chi connectivity index (χ1n) is 4.93. The third-order valence-electron chi connectivity index (χ3n) is 1.90. The fourth-order valence-corrected chi connectivity index (χ4v) is 1.23. The minimum absolute atomic E-state index is 0.192. The van der Waals surface area contributed by atoms with Gasteiger partial charge in [-0.15, -0.1) is 0 Å². The highest BCUT2D eigenvalue weighted by Crippen LogP contribution is 1.95. The number of carbonyl (C=O) groups excluding carboxylic acids is 1. The second kappa shape index (κ2) is 5.54. The number of hydrogen-bond donors (Lipinski definition) is 1. The predicted molar refractivity (Wildman–Crippen MR) is 55.1 cm³/mol. The van der Waals surface area contributed by atoms with Gasteiger partial charge < -0.3 is 5.32 Å². The number of aromatic nitrogens is 2. The average Bonchev–Trinajstić information content (AvgIpc) is 2.52. The minimum Gasteiger partial charge on any atom is -0.310 e. The summed E-state index contributed by atoms with van der Waals surface area (Å²) < 4.78 is 1.71. The van der Waals surface area contributed by atoms with E-state index in [0.717, 1.165) is 18.7 Å². The van der Waals surface area contributed by atoms with Crippen LogP contribution in [0.2, 0.25) is 0 Å². The van der Waals surface area contributed by atoms with E-state index in [0.29, 0.717) is 13.0 Å². The monoisotopic (exact) mass is 195 g/mol. The van der Waals surface area contributed by atoms with Crippen LogP contribution in [-0.2, 0) is 18.3 Å². The van der Waals surface area contributed by atoms with Crippen LogP contribution in [0.25, 0.3) is 0 Å². The van der Waals surface area contributed by atoms with Gasteiger partial charge in [0.05, 0.1) is 18.7 Å². The molecule has 0 saturated carbocycles. The highest BCUT2D eigenvalue weighted by atomic mass is 16.1. The summed E-state index contributed by atoms with van der Waals surface area (Å²) in [7, 11) is 1.85. The molecule has 4 heteroatoms. The van der Waals surface area contributed by atoms with Crippen molar-refractivity contribution in [3.8, 4) is 0 Å². The van der Waals surface area contributed by atoms with Gasteiger partial charge >= 0.3 is 0 Å². The number of Topliss-reactive ketones (excluding diaryl/α,β-unsaturated/α-hetero) is 1. The molecule has 4 nitrogen and oxygen atoms in total. The topological polar surface area (TPSA) is 46.9 Å². The number of aryl methyl sites for hydroxylation is 1. The Morgan fingerprint density at radius 1 is 1.64 bits per heavy atom. The zero-order chi connectivity index (χ0) is 10.4. The highest BCUT2D eigenvalue weighted by Gasteiger charge is 2.04. The van der Waals surface area contributed by atoms with Crippen LogP contribution in [0, 0.1) is 0 Å². The number of hydrogen-bond acceptors (Lipinski definition) is 3. The fraction of sp³-hybridized carbons (Fsp3) is 0.600. The molecular weight excluding hydrogens is 178 g/mol. The summed E-state index contributed by atoms with van der Waals surface area (Å²) in [4.78, 5) is 11.4. The predicted octanol–water partition coefficient (Wildman–Crippen LogP) is 0.531. The third-order valence-corrected chi connectivity index (χ3v) is 1.90. The molecule has 78 valence electrons. The van der Waals surface area contributed by atoms with Gasteiger partial charge in [-0.05, 0) is 19.0 Å². The molecule has 1 N–H and O–H groups in total. The lowest BCUT2D eigenvalue weighted by Gasteiger charge is -2.00. The van der Waals surface area contributed by atoms with Crippen molar-refractivity contribution in [2.45, 2.75) is 19.8 Å². The Morgan fingerprint density at radius 3 is 3.00 bits per heavy atom. The summed E-state index contributed by atoms with van der Waals surface area (Å²) in [5.41, 5.74) is 0.843. The molecule has 0 atom stereocenters. The molecule has 0 unspecified atom stereocenters. The summed E-state index contributed by atoms with van der Waals surface area (Å²) in [5.74, 6) is 0.192. The summed E-state index contributed by atoms with van der Waals surface area (Å²) in [6, 6.07) is 1.87.